The van der Waals surface area contributed by atoms with Gasteiger partial charge in [0.1, 0.15) is 11.9 Å². The number of rotatable bonds is 3. The van der Waals surface area contributed by atoms with Gasteiger partial charge in [-0.05, 0) is 35.4 Å². The molecular weight excluding hydrogens is 299 g/mol. The number of amides is 1. The molecule has 1 saturated heterocycles. The van der Waals surface area contributed by atoms with Gasteiger partial charge in [0.25, 0.3) is 0 Å². The molecule has 2 aromatic rings. The van der Waals surface area contributed by atoms with Gasteiger partial charge in [0, 0.05) is 6.54 Å². The molecule has 2 aliphatic rings. The van der Waals surface area contributed by atoms with Crippen molar-refractivity contribution in [2.24, 2.45) is 5.73 Å². The summed E-state index contributed by atoms with van der Waals surface area (Å²) < 4.78 is 23.7. The van der Waals surface area contributed by atoms with E-state index in [0.29, 0.717) is 18.0 Å². The number of hydrogen-bond donors (Lipinski definition) is 1. The Kier molecular flexibility index (Phi) is 3.20. The maximum absolute atomic E-state index is 13.0. The molecule has 0 aliphatic carbocycles. The summed E-state index contributed by atoms with van der Waals surface area (Å²) in [5.41, 5.74) is 7.75. The van der Waals surface area contributed by atoms with Crippen molar-refractivity contribution in [2.45, 2.75) is 18.6 Å². The summed E-state index contributed by atoms with van der Waals surface area (Å²) in [6.07, 6.45) is 0. The first-order valence-corrected chi connectivity index (χ1v) is 7.33. The van der Waals surface area contributed by atoms with Crippen molar-refractivity contribution in [3.05, 3.63) is 59.4 Å². The van der Waals surface area contributed by atoms with Crippen molar-refractivity contribution >= 4 is 5.91 Å². The molecule has 4 rings (SSSR count). The number of β-lactam (4-membered cyclic amide) rings is 1. The molecule has 2 aromatic carbocycles. The lowest BCUT2D eigenvalue weighted by Gasteiger charge is -2.45. The van der Waals surface area contributed by atoms with E-state index in [2.05, 4.69) is 0 Å². The number of carbonyl (C=O) groups excluding carboxylic acids is 1. The minimum atomic E-state index is -0.573. The van der Waals surface area contributed by atoms with Gasteiger partial charge in [-0.2, -0.15) is 0 Å². The molecule has 6 heteroatoms. The monoisotopic (exact) mass is 314 g/mol. The number of likely N-dealkylation sites (tertiary alicyclic amines) is 1. The van der Waals surface area contributed by atoms with Crippen LogP contribution in [-0.2, 0) is 11.3 Å². The molecule has 118 valence electrons. The minimum Gasteiger partial charge on any atom is -0.454 e. The molecule has 2 N–H and O–H groups in total. The van der Waals surface area contributed by atoms with E-state index in [0.717, 1.165) is 11.1 Å². The molecule has 1 fully saturated rings. The number of nitrogens with two attached hydrogens (primary N) is 1. The number of benzene rings is 2. The van der Waals surface area contributed by atoms with Crippen molar-refractivity contribution in [2.75, 3.05) is 6.79 Å². The molecule has 0 aromatic heterocycles. The van der Waals surface area contributed by atoms with Gasteiger partial charge < -0.3 is 20.1 Å². The van der Waals surface area contributed by atoms with Crippen LogP contribution in [0, 0.1) is 5.82 Å². The molecule has 2 heterocycles. The number of carbonyl (C=O) groups is 1. The van der Waals surface area contributed by atoms with Crippen LogP contribution >= 0.6 is 0 Å². The lowest BCUT2D eigenvalue weighted by molar-refractivity contribution is -0.150. The third-order valence-electron chi connectivity index (χ3n) is 4.25. The molecule has 1 amide bonds. The summed E-state index contributed by atoms with van der Waals surface area (Å²) in [7, 11) is 0. The van der Waals surface area contributed by atoms with E-state index in [1.165, 1.54) is 12.1 Å². The Bertz CT molecular complexity index is 763. The van der Waals surface area contributed by atoms with Gasteiger partial charge in [-0.15, -0.1) is 0 Å². The summed E-state index contributed by atoms with van der Waals surface area (Å²) in [6.45, 7) is 0.597. The normalized spacial score (nSPS) is 22.2. The maximum atomic E-state index is 13.0. The maximum Gasteiger partial charge on any atom is 0.242 e. The number of nitrogens with zero attached hydrogens (tertiary/aromatic N) is 1. The Balaban J connectivity index is 1.59. The smallest absolute Gasteiger partial charge is 0.242 e. The van der Waals surface area contributed by atoms with E-state index < -0.39 is 6.04 Å². The topological polar surface area (TPSA) is 64.8 Å². The Hall–Kier alpha value is -2.60. The van der Waals surface area contributed by atoms with E-state index >= 15 is 0 Å². The number of hydrogen-bond acceptors (Lipinski definition) is 4. The zero-order valence-electron chi connectivity index (χ0n) is 12.2. The Morgan fingerprint density at radius 3 is 2.65 bits per heavy atom. The Morgan fingerprint density at radius 2 is 1.87 bits per heavy atom. The Morgan fingerprint density at radius 1 is 1.13 bits per heavy atom. The molecule has 23 heavy (non-hydrogen) atoms. The van der Waals surface area contributed by atoms with Crippen LogP contribution in [0.25, 0.3) is 0 Å². The zero-order chi connectivity index (χ0) is 16.0. The highest BCUT2D eigenvalue weighted by atomic mass is 19.1. The van der Waals surface area contributed by atoms with Gasteiger partial charge >= 0.3 is 0 Å². The summed E-state index contributed by atoms with van der Waals surface area (Å²) in [5, 5.41) is 0. The predicted octanol–water partition coefficient (Wildman–Crippen LogP) is 1.97. The second-order valence-corrected chi connectivity index (χ2v) is 5.68. The highest BCUT2D eigenvalue weighted by Gasteiger charge is 2.45. The number of ether oxygens (including phenoxy) is 2. The van der Waals surface area contributed by atoms with E-state index in [4.69, 9.17) is 15.2 Å². The molecule has 0 spiro atoms. The number of halogens is 1. The predicted molar refractivity (Wildman–Crippen MR) is 80.2 cm³/mol. The van der Waals surface area contributed by atoms with Crippen LogP contribution < -0.4 is 15.2 Å². The molecular formula is C17H15FN2O3. The SMILES string of the molecule is N[C@H]1C(=O)N(Cc2ccc(F)cc2)[C@@H]1c1ccc2c(c1)OCO2. The standard InChI is InChI=1S/C17H15FN2O3/c18-12-4-1-10(2-5-12)8-20-16(15(19)17(20)21)11-3-6-13-14(7-11)23-9-22-13/h1-7,15-16H,8-9,19H2/t15-,16-/m1/s1. The summed E-state index contributed by atoms with van der Waals surface area (Å²) in [5.74, 6) is 0.943. The average Bonchev–Trinajstić information content (AvgIpc) is 3.03. The highest BCUT2D eigenvalue weighted by molar-refractivity contribution is 5.89. The zero-order valence-corrected chi connectivity index (χ0v) is 12.2. The Labute approximate surface area is 132 Å². The van der Waals surface area contributed by atoms with Crippen molar-refractivity contribution < 1.29 is 18.7 Å². The van der Waals surface area contributed by atoms with Gasteiger partial charge in [-0.3, -0.25) is 4.79 Å². The first-order valence-electron chi connectivity index (χ1n) is 7.33. The first-order chi connectivity index (χ1) is 11.1. The molecule has 2 aliphatic heterocycles. The molecule has 0 unspecified atom stereocenters. The second-order valence-electron chi connectivity index (χ2n) is 5.68. The van der Waals surface area contributed by atoms with Gasteiger partial charge in [0.15, 0.2) is 11.5 Å². The van der Waals surface area contributed by atoms with Crippen molar-refractivity contribution in [1.82, 2.24) is 4.90 Å². The van der Waals surface area contributed by atoms with E-state index in [1.54, 1.807) is 17.0 Å². The van der Waals surface area contributed by atoms with Crippen molar-refractivity contribution in [3.8, 4) is 11.5 Å². The largest absolute Gasteiger partial charge is 0.454 e. The molecule has 0 saturated carbocycles. The summed E-state index contributed by atoms with van der Waals surface area (Å²) in [6, 6.07) is 10.9. The van der Waals surface area contributed by atoms with Gasteiger partial charge in [0.05, 0.1) is 6.04 Å². The highest BCUT2D eigenvalue weighted by Crippen LogP contribution is 2.40. The van der Waals surface area contributed by atoms with Crippen LogP contribution in [0.4, 0.5) is 4.39 Å². The van der Waals surface area contributed by atoms with E-state index in [-0.39, 0.29) is 24.6 Å². The van der Waals surface area contributed by atoms with Gasteiger partial charge in [-0.25, -0.2) is 4.39 Å². The van der Waals surface area contributed by atoms with Gasteiger partial charge in [0.2, 0.25) is 12.7 Å². The third kappa shape index (κ3) is 2.31. The lowest BCUT2D eigenvalue weighted by Crippen LogP contribution is -2.62. The van der Waals surface area contributed by atoms with Crippen LogP contribution in [-0.4, -0.2) is 23.6 Å². The quantitative estimate of drug-likeness (QED) is 0.880. The molecule has 0 radical (unpaired) electrons. The third-order valence-corrected chi connectivity index (χ3v) is 4.25. The van der Waals surface area contributed by atoms with Crippen molar-refractivity contribution in [1.29, 1.82) is 0 Å². The summed E-state index contributed by atoms with van der Waals surface area (Å²) in [4.78, 5) is 13.8. The fraction of sp³-hybridized carbons (Fsp3) is 0.235. The van der Waals surface area contributed by atoms with Crippen LogP contribution in [0.3, 0.4) is 0 Å². The summed E-state index contributed by atoms with van der Waals surface area (Å²) >= 11 is 0. The fourth-order valence-corrected chi connectivity index (χ4v) is 3.02. The number of fused-ring (bicyclic) bond motifs is 1. The minimum absolute atomic E-state index is 0.114. The molecule has 2 atom stereocenters. The van der Waals surface area contributed by atoms with E-state index in [9.17, 15) is 9.18 Å². The second kappa shape index (κ2) is 5.24. The molecule has 5 nitrogen and oxygen atoms in total. The van der Waals surface area contributed by atoms with Gasteiger partial charge in [-0.1, -0.05) is 18.2 Å². The average molecular weight is 314 g/mol. The lowest BCUT2D eigenvalue weighted by atomic mass is 9.88. The van der Waals surface area contributed by atoms with Crippen LogP contribution in [0.15, 0.2) is 42.5 Å². The van der Waals surface area contributed by atoms with Crippen LogP contribution in [0.1, 0.15) is 17.2 Å². The van der Waals surface area contributed by atoms with Crippen LogP contribution in [0.5, 0.6) is 11.5 Å². The van der Waals surface area contributed by atoms with Crippen molar-refractivity contribution in [3.63, 3.8) is 0 Å². The fourth-order valence-electron chi connectivity index (χ4n) is 3.02. The molecule has 0 bridgehead atoms. The van der Waals surface area contributed by atoms with E-state index in [1.807, 2.05) is 18.2 Å². The first kappa shape index (κ1) is 14.0. The van der Waals surface area contributed by atoms with Crippen LogP contribution in [0.2, 0.25) is 0 Å².